The summed E-state index contributed by atoms with van der Waals surface area (Å²) in [6, 6.07) is 0. The zero-order valence-corrected chi connectivity index (χ0v) is 21.8. The minimum Gasteiger partial charge on any atom is -0.463 e. The lowest BCUT2D eigenvalue weighted by Gasteiger charge is -2.31. The fourth-order valence-corrected chi connectivity index (χ4v) is 5.41. The zero-order chi connectivity index (χ0) is 24.8. The molecule has 3 atom stereocenters. The molecule has 0 amide bonds. The summed E-state index contributed by atoms with van der Waals surface area (Å²) in [7, 11) is 0. The smallest absolute Gasteiger partial charge is 0.306 e. The third kappa shape index (κ3) is 9.79. The van der Waals surface area contributed by atoms with Crippen molar-refractivity contribution < 1.29 is 28.9 Å². The maximum atomic E-state index is 12.7. The second-order valence-electron chi connectivity index (χ2n) is 10.3. The highest BCUT2D eigenvalue weighted by Crippen LogP contribution is 2.42. The Bertz CT molecular complexity index is 622. The molecule has 2 rings (SSSR count). The maximum absolute atomic E-state index is 12.7. The van der Waals surface area contributed by atoms with Crippen LogP contribution in [-0.2, 0) is 23.8 Å². The first-order valence-electron chi connectivity index (χ1n) is 13.7. The molecule has 0 aromatic heterocycles. The van der Waals surface area contributed by atoms with Crippen LogP contribution in [0, 0.1) is 17.8 Å². The molecule has 0 unspecified atom stereocenters. The number of allylic oxidation sites excluding steroid dienone is 2. The normalized spacial score (nSPS) is 24.5. The number of ketones is 1. The number of aliphatic hydroxyl groups is 1. The average Bonchev–Trinajstić information content (AvgIpc) is 3.38. The Kier molecular flexibility index (Phi) is 13.4. The molecule has 34 heavy (non-hydrogen) atoms. The molecular weight excluding hydrogens is 432 g/mol. The fourth-order valence-electron chi connectivity index (χ4n) is 5.41. The summed E-state index contributed by atoms with van der Waals surface area (Å²) in [6.45, 7) is 7.26. The summed E-state index contributed by atoms with van der Waals surface area (Å²) in [4.78, 5) is 24.4. The van der Waals surface area contributed by atoms with E-state index in [0.29, 0.717) is 32.5 Å². The van der Waals surface area contributed by atoms with Crippen LogP contribution in [0.5, 0.6) is 0 Å². The van der Waals surface area contributed by atoms with Gasteiger partial charge in [0, 0.05) is 38.2 Å². The molecule has 196 valence electrons. The Labute approximate surface area is 206 Å². The highest BCUT2D eigenvalue weighted by molar-refractivity contribution is 5.84. The van der Waals surface area contributed by atoms with Crippen LogP contribution in [0.4, 0.5) is 0 Å². The van der Waals surface area contributed by atoms with Crippen LogP contribution in [0.2, 0.25) is 0 Å². The van der Waals surface area contributed by atoms with Gasteiger partial charge in [0.15, 0.2) is 5.79 Å². The topological polar surface area (TPSA) is 82.1 Å². The van der Waals surface area contributed by atoms with Crippen LogP contribution in [0.25, 0.3) is 0 Å². The van der Waals surface area contributed by atoms with Gasteiger partial charge in [0.25, 0.3) is 0 Å². The standard InChI is InChI=1S/C28H48O6/c1-4-5-6-9-12-16-28(32-18-19-33-28)17-15-24-23(21-29)20-26(30)25(24)13-10-7-8-11-14-27(31)34-22(2)3/h7,10,22-25,29H,4-6,8-9,11-21H2,1-3H3/b10-7-/t23-,24-,25+/m0/s1. The lowest BCUT2D eigenvalue weighted by atomic mass is 9.82. The van der Waals surface area contributed by atoms with Crippen molar-refractivity contribution in [3.8, 4) is 0 Å². The molecule has 1 aliphatic carbocycles. The van der Waals surface area contributed by atoms with Crippen LogP contribution >= 0.6 is 0 Å². The van der Waals surface area contributed by atoms with Gasteiger partial charge in [0.2, 0.25) is 0 Å². The molecule has 2 fully saturated rings. The largest absolute Gasteiger partial charge is 0.463 e. The molecule has 0 aromatic carbocycles. The van der Waals surface area contributed by atoms with Crippen LogP contribution in [0.1, 0.15) is 104 Å². The molecule has 1 saturated carbocycles. The Morgan fingerprint density at radius 3 is 2.53 bits per heavy atom. The lowest BCUT2D eigenvalue weighted by Crippen LogP contribution is -2.32. The lowest BCUT2D eigenvalue weighted by molar-refractivity contribution is -0.171. The molecule has 1 N–H and O–H groups in total. The summed E-state index contributed by atoms with van der Waals surface area (Å²) in [6.07, 6.45) is 15.8. The van der Waals surface area contributed by atoms with E-state index in [4.69, 9.17) is 14.2 Å². The molecule has 2 aliphatic rings. The number of Topliss-reactive ketones (excluding diaryl/α,β-unsaturated/α-hetero) is 1. The molecule has 1 aliphatic heterocycles. The summed E-state index contributed by atoms with van der Waals surface area (Å²) < 4.78 is 17.3. The summed E-state index contributed by atoms with van der Waals surface area (Å²) in [5.74, 6) is -0.273. The van der Waals surface area contributed by atoms with Gasteiger partial charge in [0.05, 0.1) is 19.3 Å². The molecule has 1 saturated heterocycles. The molecule has 1 heterocycles. The third-order valence-corrected chi connectivity index (χ3v) is 7.24. The number of aliphatic hydroxyl groups excluding tert-OH is 1. The van der Waals surface area contributed by atoms with Gasteiger partial charge in [-0.05, 0) is 57.8 Å². The van der Waals surface area contributed by atoms with Crippen LogP contribution in [-0.4, -0.2) is 48.6 Å². The predicted molar refractivity (Wildman–Crippen MR) is 133 cm³/mol. The zero-order valence-electron chi connectivity index (χ0n) is 21.8. The average molecular weight is 481 g/mol. The number of carbonyl (C=O) groups excluding carboxylic acids is 2. The second kappa shape index (κ2) is 15.7. The first-order chi connectivity index (χ1) is 16.4. The highest BCUT2D eigenvalue weighted by atomic mass is 16.7. The Hall–Kier alpha value is -1.24. The van der Waals surface area contributed by atoms with Crippen molar-refractivity contribution in [3.63, 3.8) is 0 Å². The van der Waals surface area contributed by atoms with E-state index >= 15 is 0 Å². The fraction of sp³-hybridized carbons (Fsp3) is 0.857. The number of unbranched alkanes of at least 4 members (excludes halogenated alkanes) is 5. The number of hydrogen-bond acceptors (Lipinski definition) is 6. The summed E-state index contributed by atoms with van der Waals surface area (Å²) in [5, 5.41) is 9.93. The Balaban J connectivity index is 1.83. The van der Waals surface area contributed by atoms with Gasteiger partial charge in [0.1, 0.15) is 5.78 Å². The van der Waals surface area contributed by atoms with Crippen molar-refractivity contribution in [2.24, 2.45) is 17.8 Å². The molecule has 6 heteroatoms. The maximum Gasteiger partial charge on any atom is 0.306 e. The van der Waals surface area contributed by atoms with E-state index in [2.05, 4.69) is 19.1 Å². The van der Waals surface area contributed by atoms with E-state index < -0.39 is 5.79 Å². The van der Waals surface area contributed by atoms with Crippen molar-refractivity contribution in [3.05, 3.63) is 12.2 Å². The molecular formula is C28H48O6. The van der Waals surface area contributed by atoms with Crippen molar-refractivity contribution >= 4 is 11.8 Å². The quantitative estimate of drug-likeness (QED) is 0.162. The van der Waals surface area contributed by atoms with Crippen molar-refractivity contribution in [1.82, 2.24) is 0 Å². The van der Waals surface area contributed by atoms with Gasteiger partial charge >= 0.3 is 5.97 Å². The molecule has 0 bridgehead atoms. The van der Waals surface area contributed by atoms with E-state index in [9.17, 15) is 14.7 Å². The first-order valence-corrected chi connectivity index (χ1v) is 13.7. The van der Waals surface area contributed by atoms with Gasteiger partial charge < -0.3 is 19.3 Å². The number of carbonyl (C=O) groups is 2. The number of hydrogen-bond donors (Lipinski definition) is 1. The van der Waals surface area contributed by atoms with Crippen molar-refractivity contribution in [1.29, 1.82) is 0 Å². The van der Waals surface area contributed by atoms with E-state index in [1.807, 2.05) is 13.8 Å². The number of rotatable bonds is 17. The SMILES string of the molecule is CCCCCCCC1(CC[C@H]2[C@H](CO)CC(=O)[C@@H]2C/C=C\CCCC(=O)OC(C)C)OCCO1. The van der Waals surface area contributed by atoms with Crippen molar-refractivity contribution in [2.45, 2.75) is 116 Å². The summed E-state index contributed by atoms with van der Waals surface area (Å²) in [5.41, 5.74) is 0. The first kappa shape index (κ1) is 29.0. The minimum atomic E-state index is -0.511. The van der Waals surface area contributed by atoms with E-state index in [1.54, 1.807) is 0 Å². The number of ether oxygens (including phenoxy) is 3. The van der Waals surface area contributed by atoms with Gasteiger partial charge in [-0.15, -0.1) is 0 Å². The van der Waals surface area contributed by atoms with Crippen LogP contribution < -0.4 is 0 Å². The van der Waals surface area contributed by atoms with E-state index in [0.717, 1.165) is 38.5 Å². The highest BCUT2D eigenvalue weighted by Gasteiger charge is 2.44. The second-order valence-corrected chi connectivity index (χ2v) is 10.3. The van der Waals surface area contributed by atoms with Crippen molar-refractivity contribution in [2.75, 3.05) is 19.8 Å². The van der Waals surface area contributed by atoms with Gasteiger partial charge in [-0.25, -0.2) is 0 Å². The molecule has 0 radical (unpaired) electrons. The van der Waals surface area contributed by atoms with Gasteiger partial charge in [-0.3, -0.25) is 9.59 Å². The van der Waals surface area contributed by atoms with E-state index in [1.165, 1.54) is 25.7 Å². The van der Waals surface area contributed by atoms with Gasteiger partial charge in [-0.1, -0.05) is 44.8 Å². The molecule has 0 spiro atoms. The molecule has 6 nitrogen and oxygen atoms in total. The van der Waals surface area contributed by atoms with E-state index in [-0.39, 0.29) is 42.2 Å². The third-order valence-electron chi connectivity index (χ3n) is 7.24. The monoisotopic (exact) mass is 480 g/mol. The minimum absolute atomic E-state index is 0.0275. The molecule has 0 aromatic rings. The van der Waals surface area contributed by atoms with Crippen LogP contribution in [0.15, 0.2) is 12.2 Å². The summed E-state index contributed by atoms with van der Waals surface area (Å²) >= 11 is 0. The Morgan fingerprint density at radius 2 is 1.85 bits per heavy atom. The van der Waals surface area contributed by atoms with Crippen LogP contribution in [0.3, 0.4) is 0 Å². The van der Waals surface area contributed by atoms with Gasteiger partial charge in [-0.2, -0.15) is 0 Å². The predicted octanol–water partition coefficient (Wildman–Crippen LogP) is 5.75. The number of esters is 1. The Morgan fingerprint density at radius 1 is 1.12 bits per heavy atom.